The first-order chi connectivity index (χ1) is 8.20. The lowest BCUT2D eigenvalue weighted by Crippen LogP contribution is -2.42. The van der Waals surface area contributed by atoms with Gasteiger partial charge in [0.15, 0.2) is 0 Å². The molecule has 1 aliphatic heterocycles. The van der Waals surface area contributed by atoms with Gasteiger partial charge in [0.2, 0.25) is 0 Å². The Morgan fingerprint density at radius 2 is 2.29 bits per heavy atom. The van der Waals surface area contributed by atoms with Gasteiger partial charge in [-0.25, -0.2) is 0 Å². The van der Waals surface area contributed by atoms with Crippen LogP contribution in [0.2, 0.25) is 0 Å². The standard InChI is InChI=1S/C13H19BrN2O/c1-10-6-15-7-13(9-17)16(8-10)12-4-2-3-11(14)5-12/h2-5,10,13,15,17H,6-9H2,1H3. The first kappa shape index (κ1) is 12.9. The molecule has 2 N–H and O–H groups in total. The van der Waals surface area contributed by atoms with Gasteiger partial charge >= 0.3 is 0 Å². The summed E-state index contributed by atoms with van der Waals surface area (Å²) < 4.78 is 1.08. The molecule has 1 aliphatic rings. The van der Waals surface area contributed by atoms with Crippen molar-refractivity contribution in [2.75, 3.05) is 31.1 Å². The Balaban J connectivity index is 2.25. The summed E-state index contributed by atoms with van der Waals surface area (Å²) in [6.07, 6.45) is 0. The van der Waals surface area contributed by atoms with E-state index < -0.39 is 0 Å². The SMILES string of the molecule is CC1CNCC(CO)N(c2cccc(Br)c2)C1. The van der Waals surface area contributed by atoms with Crippen molar-refractivity contribution >= 4 is 21.6 Å². The van der Waals surface area contributed by atoms with Crippen LogP contribution >= 0.6 is 15.9 Å². The summed E-state index contributed by atoms with van der Waals surface area (Å²) in [5, 5.41) is 12.9. The minimum absolute atomic E-state index is 0.161. The van der Waals surface area contributed by atoms with Crippen molar-refractivity contribution in [1.29, 1.82) is 0 Å². The molecule has 0 saturated carbocycles. The first-order valence-electron chi connectivity index (χ1n) is 6.04. The largest absolute Gasteiger partial charge is 0.394 e. The number of halogens is 1. The molecule has 0 radical (unpaired) electrons. The summed E-state index contributed by atoms with van der Waals surface area (Å²) in [6.45, 7) is 5.26. The highest BCUT2D eigenvalue weighted by molar-refractivity contribution is 9.10. The molecule has 1 aromatic carbocycles. The van der Waals surface area contributed by atoms with Crippen LogP contribution in [0.15, 0.2) is 28.7 Å². The Morgan fingerprint density at radius 1 is 1.47 bits per heavy atom. The van der Waals surface area contributed by atoms with Crippen molar-refractivity contribution in [3.8, 4) is 0 Å². The average molecular weight is 299 g/mol. The molecule has 0 aromatic heterocycles. The summed E-state index contributed by atoms with van der Waals surface area (Å²) >= 11 is 3.50. The fraction of sp³-hybridized carbons (Fsp3) is 0.538. The van der Waals surface area contributed by atoms with E-state index in [1.165, 1.54) is 5.69 Å². The van der Waals surface area contributed by atoms with E-state index in [-0.39, 0.29) is 12.6 Å². The second-order valence-electron chi connectivity index (χ2n) is 4.73. The molecule has 4 heteroatoms. The molecule has 94 valence electrons. The lowest BCUT2D eigenvalue weighted by Gasteiger charge is -2.31. The summed E-state index contributed by atoms with van der Waals surface area (Å²) in [6, 6.07) is 8.44. The van der Waals surface area contributed by atoms with Gasteiger partial charge in [-0.2, -0.15) is 0 Å². The molecule has 2 rings (SSSR count). The van der Waals surface area contributed by atoms with Crippen molar-refractivity contribution in [3.63, 3.8) is 0 Å². The Bertz CT molecular complexity index is 372. The average Bonchev–Trinajstić information content (AvgIpc) is 2.50. The molecule has 0 bridgehead atoms. The number of aliphatic hydroxyl groups is 1. The van der Waals surface area contributed by atoms with E-state index in [9.17, 15) is 5.11 Å². The van der Waals surface area contributed by atoms with E-state index in [2.05, 4.69) is 45.2 Å². The summed E-state index contributed by atoms with van der Waals surface area (Å²) in [5.74, 6) is 0.588. The summed E-state index contributed by atoms with van der Waals surface area (Å²) in [5.41, 5.74) is 1.17. The Morgan fingerprint density at radius 3 is 3.00 bits per heavy atom. The number of aliphatic hydroxyl groups excluding tert-OH is 1. The van der Waals surface area contributed by atoms with Gasteiger partial charge < -0.3 is 15.3 Å². The van der Waals surface area contributed by atoms with Gasteiger partial charge in [-0.15, -0.1) is 0 Å². The fourth-order valence-corrected chi connectivity index (χ4v) is 2.68. The third kappa shape index (κ3) is 3.21. The Hall–Kier alpha value is -0.580. The molecular formula is C13H19BrN2O. The first-order valence-corrected chi connectivity index (χ1v) is 6.84. The molecule has 0 amide bonds. The van der Waals surface area contributed by atoms with E-state index in [4.69, 9.17) is 0 Å². The Labute approximate surface area is 111 Å². The highest BCUT2D eigenvalue weighted by Gasteiger charge is 2.23. The number of nitrogens with zero attached hydrogens (tertiary/aromatic N) is 1. The van der Waals surface area contributed by atoms with Crippen molar-refractivity contribution in [1.82, 2.24) is 5.32 Å². The van der Waals surface area contributed by atoms with Gasteiger partial charge in [0.1, 0.15) is 0 Å². The van der Waals surface area contributed by atoms with Crippen LogP contribution in [-0.2, 0) is 0 Å². The molecule has 1 aromatic rings. The minimum Gasteiger partial charge on any atom is -0.394 e. The van der Waals surface area contributed by atoms with Crippen LogP contribution < -0.4 is 10.2 Å². The second-order valence-corrected chi connectivity index (χ2v) is 5.65. The van der Waals surface area contributed by atoms with Gasteiger partial charge in [0, 0.05) is 23.2 Å². The van der Waals surface area contributed by atoms with Crippen LogP contribution in [0.3, 0.4) is 0 Å². The maximum Gasteiger partial charge on any atom is 0.0647 e. The number of rotatable bonds is 2. The lowest BCUT2D eigenvalue weighted by atomic mass is 10.1. The van der Waals surface area contributed by atoms with Gasteiger partial charge in [-0.05, 0) is 30.7 Å². The lowest BCUT2D eigenvalue weighted by molar-refractivity contribution is 0.259. The normalized spacial score (nSPS) is 25.7. The predicted molar refractivity (Wildman–Crippen MR) is 74.4 cm³/mol. The van der Waals surface area contributed by atoms with Crippen LogP contribution in [0.1, 0.15) is 6.92 Å². The quantitative estimate of drug-likeness (QED) is 0.875. The monoisotopic (exact) mass is 298 g/mol. The topological polar surface area (TPSA) is 35.5 Å². The smallest absolute Gasteiger partial charge is 0.0647 e. The zero-order valence-electron chi connectivity index (χ0n) is 10.1. The summed E-state index contributed by atoms with van der Waals surface area (Å²) in [4.78, 5) is 2.30. The highest BCUT2D eigenvalue weighted by Crippen LogP contribution is 2.23. The summed E-state index contributed by atoms with van der Waals surface area (Å²) in [7, 11) is 0. The molecule has 17 heavy (non-hydrogen) atoms. The molecule has 1 saturated heterocycles. The van der Waals surface area contributed by atoms with Gasteiger partial charge in [0.25, 0.3) is 0 Å². The number of hydrogen-bond acceptors (Lipinski definition) is 3. The van der Waals surface area contributed by atoms with E-state index in [1.54, 1.807) is 0 Å². The van der Waals surface area contributed by atoms with Crippen LogP contribution in [0.4, 0.5) is 5.69 Å². The zero-order chi connectivity index (χ0) is 12.3. The molecule has 3 nitrogen and oxygen atoms in total. The van der Waals surface area contributed by atoms with Crippen LogP contribution in [0.25, 0.3) is 0 Å². The van der Waals surface area contributed by atoms with Gasteiger partial charge in [-0.3, -0.25) is 0 Å². The molecule has 0 spiro atoms. The molecule has 2 atom stereocenters. The second kappa shape index (κ2) is 5.85. The van der Waals surface area contributed by atoms with Crippen LogP contribution in [0.5, 0.6) is 0 Å². The van der Waals surface area contributed by atoms with Crippen molar-refractivity contribution in [3.05, 3.63) is 28.7 Å². The molecule has 0 aliphatic carbocycles. The third-order valence-corrected chi connectivity index (χ3v) is 3.67. The molecular weight excluding hydrogens is 280 g/mol. The number of hydrogen-bond donors (Lipinski definition) is 2. The van der Waals surface area contributed by atoms with Crippen LogP contribution in [0, 0.1) is 5.92 Å². The molecule has 1 heterocycles. The Kier molecular flexibility index (Phi) is 4.42. The third-order valence-electron chi connectivity index (χ3n) is 3.17. The predicted octanol–water partition coefficient (Wildman–Crippen LogP) is 1.86. The number of benzene rings is 1. The fourth-order valence-electron chi connectivity index (χ4n) is 2.29. The van der Waals surface area contributed by atoms with Crippen molar-refractivity contribution in [2.45, 2.75) is 13.0 Å². The highest BCUT2D eigenvalue weighted by atomic mass is 79.9. The van der Waals surface area contributed by atoms with Crippen LogP contribution in [-0.4, -0.2) is 37.4 Å². The number of anilines is 1. The van der Waals surface area contributed by atoms with Crippen molar-refractivity contribution in [2.24, 2.45) is 5.92 Å². The minimum atomic E-state index is 0.161. The van der Waals surface area contributed by atoms with E-state index in [0.29, 0.717) is 5.92 Å². The van der Waals surface area contributed by atoms with Gasteiger partial charge in [-0.1, -0.05) is 28.9 Å². The maximum atomic E-state index is 9.51. The van der Waals surface area contributed by atoms with Gasteiger partial charge in [0.05, 0.1) is 12.6 Å². The maximum absolute atomic E-state index is 9.51. The zero-order valence-corrected chi connectivity index (χ0v) is 11.7. The molecule has 2 unspecified atom stereocenters. The van der Waals surface area contributed by atoms with E-state index in [1.807, 2.05) is 12.1 Å². The van der Waals surface area contributed by atoms with Crippen molar-refractivity contribution < 1.29 is 5.11 Å². The number of nitrogens with one attached hydrogen (secondary N) is 1. The molecule has 1 fully saturated rings. The van der Waals surface area contributed by atoms with E-state index >= 15 is 0 Å². The van der Waals surface area contributed by atoms with E-state index in [0.717, 1.165) is 24.1 Å².